The molecule has 2 aliphatic rings. The fourth-order valence-corrected chi connectivity index (χ4v) is 6.33. The van der Waals surface area contributed by atoms with Gasteiger partial charge in [0.15, 0.2) is 23.1 Å². The van der Waals surface area contributed by atoms with Gasteiger partial charge in [0.2, 0.25) is 0 Å². The molecule has 13 heteroatoms. The van der Waals surface area contributed by atoms with Crippen LogP contribution in [-0.4, -0.2) is 116 Å². The van der Waals surface area contributed by atoms with Crippen LogP contribution >= 0.6 is 0 Å². The van der Waals surface area contributed by atoms with Gasteiger partial charge in [-0.05, 0) is 25.0 Å². The average Bonchev–Trinajstić information content (AvgIpc) is 3.19. The minimum absolute atomic E-state index is 0. The number of hydrogen-bond donors (Lipinski definition) is 4. The predicted octanol–water partition coefficient (Wildman–Crippen LogP) is 5.56. The van der Waals surface area contributed by atoms with E-state index >= 15 is 0 Å². The summed E-state index contributed by atoms with van der Waals surface area (Å²) < 4.78 is 0. The van der Waals surface area contributed by atoms with Crippen LogP contribution in [-0.2, 0) is 30.2 Å². The maximum atomic E-state index is 9.54. The summed E-state index contributed by atoms with van der Waals surface area (Å²) in [7, 11) is 0. The SMILES string of the molecule is Cc1ccc(C(=N\O)/C(=N/O)N2CCN(Cc3ccccc3)CC2)cc1.Cc1ccc(C(=N\O)/C(=N/O)N2CCN(Cc3ccccc3)CC2)cc1.[Cu+2]. The van der Waals surface area contributed by atoms with Gasteiger partial charge in [0, 0.05) is 76.6 Å². The Bertz CT molecular complexity index is 1670. The maximum absolute atomic E-state index is 9.54. The number of rotatable bonds is 8. The molecule has 0 aliphatic carbocycles. The Kier molecular flexibility index (Phi) is 15.9. The van der Waals surface area contributed by atoms with E-state index in [1.54, 1.807) is 0 Å². The Morgan fingerprint density at radius 1 is 0.453 bits per heavy atom. The van der Waals surface area contributed by atoms with Crippen LogP contribution < -0.4 is 0 Å². The minimum Gasteiger partial charge on any atom is -0.410 e. The third-order valence-corrected chi connectivity index (χ3v) is 9.30. The molecule has 0 atom stereocenters. The Hall–Kier alpha value is -5.20. The molecule has 0 amide bonds. The molecule has 1 radical (unpaired) electrons. The molecule has 53 heavy (non-hydrogen) atoms. The van der Waals surface area contributed by atoms with Gasteiger partial charge in [-0.15, -0.1) is 0 Å². The number of piperazine rings is 2. The van der Waals surface area contributed by atoms with Crippen molar-refractivity contribution in [2.75, 3.05) is 52.4 Å². The van der Waals surface area contributed by atoms with Crippen molar-refractivity contribution in [3.63, 3.8) is 0 Å². The smallest absolute Gasteiger partial charge is 0.410 e. The van der Waals surface area contributed by atoms with Gasteiger partial charge in [-0.2, -0.15) is 0 Å². The first-order valence-corrected chi connectivity index (χ1v) is 17.5. The third-order valence-electron chi connectivity index (χ3n) is 9.30. The van der Waals surface area contributed by atoms with E-state index in [0.717, 1.165) is 61.5 Å². The summed E-state index contributed by atoms with van der Waals surface area (Å²) in [5, 5.41) is 51.7. The van der Waals surface area contributed by atoms with Crippen LogP contribution in [0.1, 0.15) is 33.4 Å². The monoisotopic (exact) mass is 767 g/mol. The van der Waals surface area contributed by atoms with Gasteiger partial charge in [-0.3, -0.25) is 9.80 Å². The molecule has 0 unspecified atom stereocenters. The largest absolute Gasteiger partial charge is 2.00 e. The summed E-state index contributed by atoms with van der Waals surface area (Å²) in [6, 6.07) is 35.9. The topological polar surface area (TPSA) is 143 Å². The molecule has 4 aromatic rings. The Morgan fingerprint density at radius 3 is 1.06 bits per heavy atom. The normalized spacial score (nSPS) is 16.4. The zero-order chi connectivity index (χ0) is 36.7. The van der Waals surface area contributed by atoms with E-state index in [2.05, 4.69) is 54.7 Å². The van der Waals surface area contributed by atoms with Crippen molar-refractivity contribution >= 4 is 23.1 Å². The van der Waals surface area contributed by atoms with Gasteiger partial charge in [0.25, 0.3) is 0 Å². The van der Waals surface area contributed by atoms with E-state index in [-0.39, 0.29) is 28.5 Å². The summed E-state index contributed by atoms with van der Waals surface area (Å²) in [4.78, 5) is 8.64. The van der Waals surface area contributed by atoms with Crippen molar-refractivity contribution in [3.8, 4) is 0 Å². The Balaban J connectivity index is 0.000000232. The number of oxime groups is 4. The molecule has 2 aliphatic heterocycles. The van der Waals surface area contributed by atoms with Crippen LogP contribution in [0.2, 0.25) is 0 Å². The number of hydrogen-bond acceptors (Lipinski definition) is 10. The van der Waals surface area contributed by atoms with Crippen molar-refractivity contribution < 1.29 is 37.9 Å². The van der Waals surface area contributed by atoms with Gasteiger partial charge >= 0.3 is 17.1 Å². The van der Waals surface area contributed by atoms with Crippen LogP contribution in [0.5, 0.6) is 0 Å². The van der Waals surface area contributed by atoms with Gasteiger partial charge in [0.05, 0.1) is 0 Å². The van der Waals surface area contributed by atoms with Crippen molar-refractivity contribution in [1.82, 2.24) is 19.6 Å². The Labute approximate surface area is 322 Å². The zero-order valence-electron chi connectivity index (χ0n) is 30.1. The Morgan fingerprint density at radius 2 is 0.774 bits per heavy atom. The van der Waals surface area contributed by atoms with Gasteiger partial charge in [-0.1, -0.05) is 141 Å². The first-order valence-electron chi connectivity index (χ1n) is 17.5. The molecule has 4 N–H and O–H groups in total. The van der Waals surface area contributed by atoms with Crippen LogP contribution in [0, 0.1) is 13.8 Å². The van der Waals surface area contributed by atoms with E-state index in [0.29, 0.717) is 37.9 Å². The first kappa shape index (κ1) is 40.6. The molecule has 2 fully saturated rings. The average molecular weight is 768 g/mol. The number of aryl methyl sites for hydroxylation is 2. The molecule has 0 spiro atoms. The van der Waals surface area contributed by atoms with Crippen LogP contribution in [0.25, 0.3) is 0 Å². The van der Waals surface area contributed by atoms with Crippen LogP contribution in [0.4, 0.5) is 0 Å². The molecule has 2 heterocycles. The second-order valence-corrected chi connectivity index (χ2v) is 13.0. The fourth-order valence-electron chi connectivity index (χ4n) is 6.33. The molecular weight excluding hydrogens is 720 g/mol. The van der Waals surface area contributed by atoms with E-state index in [9.17, 15) is 20.8 Å². The van der Waals surface area contributed by atoms with Gasteiger partial charge < -0.3 is 30.6 Å². The van der Waals surface area contributed by atoms with Gasteiger partial charge in [-0.25, -0.2) is 0 Å². The fraction of sp³-hybridized carbons (Fsp3) is 0.300. The number of benzene rings is 4. The van der Waals surface area contributed by atoms with E-state index in [1.807, 2.05) is 109 Å². The molecule has 6 rings (SSSR count). The molecule has 0 aromatic heterocycles. The van der Waals surface area contributed by atoms with Crippen LogP contribution in [0.3, 0.4) is 0 Å². The van der Waals surface area contributed by atoms with Crippen molar-refractivity contribution in [2.45, 2.75) is 26.9 Å². The predicted molar refractivity (Wildman–Crippen MR) is 204 cm³/mol. The van der Waals surface area contributed by atoms with E-state index in [4.69, 9.17) is 0 Å². The molecule has 2 saturated heterocycles. The summed E-state index contributed by atoms with van der Waals surface area (Å²) in [6.45, 7) is 12.0. The maximum Gasteiger partial charge on any atom is 2.00 e. The summed E-state index contributed by atoms with van der Waals surface area (Å²) in [5.74, 6) is 0.603. The van der Waals surface area contributed by atoms with E-state index in [1.165, 1.54) is 11.1 Å². The zero-order valence-corrected chi connectivity index (χ0v) is 31.1. The first-order chi connectivity index (χ1) is 25.4. The molecule has 0 bridgehead atoms. The quantitative estimate of drug-likeness (QED) is 0.0601. The summed E-state index contributed by atoms with van der Waals surface area (Å²) >= 11 is 0. The van der Waals surface area contributed by atoms with Crippen LogP contribution in [0.15, 0.2) is 130 Å². The standard InChI is InChI=1S/2C20H24N4O2.Cu/c2*1-16-7-9-18(10-8-16)19(21-25)20(22-26)24-13-11-23(12-14-24)15-17-5-3-2-4-6-17;/h2*2-10,25-26H,11-15H2,1H3;/q;;+2/b2*21-19+,22-20-;. The summed E-state index contributed by atoms with van der Waals surface area (Å²) in [6.07, 6.45) is 0. The minimum atomic E-state index is 0. The second-order valence-electron chi connectivity index (χ2n) is 13.0. The summed E-state index contributed by atoms with van der Waals surface area (Å²) in [5.41, 5.74) is 6.80. The second kappa shape index (κ2) is 20.7. The molecule has 4 aromatic carbocycles. The number of amidine groups is 2. The molecule has 281 valence electrons. The van der Waals surface area contributed by atoms with Crippen molar-refractivity contribution in [1.29, 1.82) is 0 Å². The number of nitrogens with zero attached hydrogens (tertiary/aromatic N) is 8. The third kappa shape index (κ3) is 11.4. The van der Waals surface area contributed by atoms with Crippen molar-refractivity contribution in [2.24, 2.45) is 20.6 Å². The van der Waals surface area contributed by atoms with E-state index < -0.39 is 0 Å². The molecule has 12 nitrogen and oxygen atoms in total. The molecular formula is C40H48CuN8O4+2. The molecule has 0 saturated carbocycles. The van der Waals surface area contributed by atoms with Gasteiger partial charge in [0.1, 0.15) is 0 Å². The van der Waals surface area contributed by atoms with Crippen molar-refractivity contribution in [3.05, 3.63) is 143 Å².